The number of halogens is 1. The first-order chi connectivity index (χ1) is 12.1. The number of carbonyl (C=O) groups excluding carboxylic acids is 2. The van der Waals surface area contributed by atoms with Gasteiger partial charge in [-0.05, 0) is 47.9 Å². The van der Waals surface area contributed by atoms with Gasteiger partial charge in [-0.1, -0.05) is 42.8 Å². The summed E-state index contributed by atoms with van der Waals surface area (Å²) in [5.74, 6) is -0.301. The van der Waals surface area contributed by atoms with Gasteiger partial charge in [-0.25, -0.2) is 0 Å². The Morgan fingerprint density at radius 3 is 2.36 bits per heavy atom. The van der Waals surface area contributed by atoms with Gasteiger partial charge >= 0.3 is 0 Å². The Bertz CT molecular complexity index is 740. The van der Waals surface area contributed by atoms with Gasteiger partial charge in [0.25, 0.3) is 11.8 Å². The lowest BCUT2D eigenvalue weighted by atomic mass is 10.2. The molecular formula is C19H19ClN2O3. The van der Waals surface area contributed by atoms with Crippen molar-refractivity contribution in [3.63, 3.8) is 0 Å². The number of hydrogen-bond acceptors (Lipinski definition) is 3. The van der Waals surface area contributed by atoms with E-state index in [-0.39, 0.29) is 6.61 Å². The molecule has 0 aliphatic heterocycles. The topological polar surface area (TPSA) is 67.4 Å². The van der Waals surface area contributed by atoms with E-state index in [1.165, 1.54) is 11.6 Å². The molecule has 2 rings (SSSR count). The van der Waals surface area contributed by atoms with Crippen molar-refractivity contribution in [2.75, 3.05) is 6.61 Å². The summed E-state index contributed by atoms with van der Waals surface area (Å²) >= 11 is 5.79. The average Bonchev–Trinajstić information content (AvgIpc) is 2.64. The molecule has 0 aliphatic carbocycles. The number of hydrogen-bond donors (Lipinski definition) is 2. The van der Waals surface area contributed by atoms with Gasteiger partial charge in [-0.15, -0.1) is 0 Å². The van der Waals surface area contributed by atoms with Crippen LogP contribution in [-0.2, 0) is 16.0 Å². The summed E-state index contributed by atoms with van der Waals surface area (Å²) in [5, 5.41) is 0.623. The third kappa shape index (κ3) is 6.69. The number of benzene rings is 2. The van der Waals surface area contributed by atoms with Crippen LogP contribution < -0.4 is 15.6 Å². The first-order valence-electron chi connectivity index (χ1n) is 7.81. The summed E-state index contributed by atoms with van der Waals surface area (Å²) < 4.78 is 5.35. The first-order valence-corrected chi connectivity index (χ1v) is 8.19. The Morgan fingerprint density at radius 1 is 1.04 bits per heavy atom. The van der Waals surface area contributed by atoms with Crippen LogP contribution >= 0.6 is 11.6 Å². The third-order valence-corrected chi connectivity index (χ3v) is 3.58. The molecule has 0 aliphatic rings. The zero-order chi connectivity index (χ0) is 18.1. The second-order valence-corrected chi connectivity index (χ2v) is 5.64. The lowest BCUT2D eigenvalue weighted by Crippen LogP contribution is -2.43. The van der Waals surface area contributed by atoms with E-state index in [9.17, 15) is 9.59 Å². The molecule has 25 heavy (non-hydrogen) atoms. The van der Waals surface area contributed by atoms with Crippen molar-refractivity contribution >= 4 is 29.5 Å². The van der Waals surface area contributed by atoms with Crippen LogP contribution in [0.4, 0.5) is 0 Å². The van der Waals surface area contributed by atoms with Crippen LogP contribution in [0.2, 0.25) is 5.02 Å². The van der Waals surface area contributed by atoms with Gasteiger partial charge in [0.05, 0.1) is 0 Å². The fourth-order valence-corrected chi connectivity index (χ4v) is 2.05. The summed E-state index contributed by atoms with van der Waals surface area (Å²) in [4.78, 5) is 23.3. The van der Waals surface area contributed by atoms with Crippen LogP contribution in [0, 0.1) is 0 Å². The molecule has 0 spiro atoms. The van der Waals surface area contributed by atoms with Crippen LogP contribution in [0.25, 0.3) is 6.08 Å². The quantitative estimate of drug-likeness (QED) is 0.615. The van der Waals surface area contributed by atoms with Gasteiger partial charge < -0.3 is 4.74 Å². The number of rotatable bonds is 6. The summed E-state index contributed by atoms with van der Waals surface area (Å²) in [7, 11) is 0. The molecule has 0 aromatic heterocycles. The monoisotopic (exact) mass is 358 g/mol. The van der Waals surface area contributed by atoms with Crippen molar-refractivity contribution in [3.8, 4) is 5.75 Å². The van der Waals surface area contributed by atoms with Crippen molar-refractivity contribution in [2.24, 2.45) is 0 Å². The SMILES string of the molecule is CCc1ccc(OCC(=O)NNC(=O)C=Cc2ccc(Cl)cc2)cc1. The van der Waals surface area contributed by atoms with E-state index >= 15 is 0 Å². The maximum Gasteiger partial charge on any atom is 0.276 e. The molecule has 0 fully saturated rings. The Labute approximate surface area is 151 Å². The van der Waals surface area contributed by atoms with Gasteiger partial charge in [0.1, 0.15) is 5.75 Å². The van der Waals surface area contributed by atoms with Crippen LogP contribution in [-0.4, -0.2) is 18.4 Å². The number of carbonyl (C=O) groups is 2. The van der Waals surface area contributed by atoms with Crippen molar-refractivity contribution in [1.29, 1.82) is 0 Å². The van der Waals surface area contributed by atoms with E-state index in [0.717, 1.165) is 12.0 Å². The van der Waals surface area contributed by atoms with E-state index in [1.54, 1.807) is 42.5 Å². The summed E-state index contributed by atoms with van der Waals surface area (Å²) in [5.41, 5.74) is 6.59. The molecule has 6 heteroatoms. The number of amides is 2. The van der Waals surface area contributed by atoms with Crippen molar-refractivity contribution in [3.05, 3.63) is 70.8 Å². The van der Waals surface area contributed by atoms with Gasteiger partial charge in [0, 0.05) is 11.1 Å². The number of nitrogens with one attached hydrogen (secondary N) is 2. The minimum Gasteiger partial charge on any atom is -0.484 e. The molecule has 0 radical (unpaired) electrons. The Kier molecular flexibility index (Phi) is 7.04. The van der Waals surface area contributed by atoms with Gasteiger partial charge in [0.2, 0.25) is 0 Å². The molecular weight excluding hydrogens is 340 g/mol. The van der Waals surface area contributed by atoms with Crippen LogP contribution in [0.3, 0.4) is 0 Å². The van der Waals surface area contributed by atoms with E-state index in [2.05, 4.69) is 17.8 Å². The molecule has 0 unspecified atom stereocenters. The number of aryl methyl sites for hydroxylation is 1. The van der Waals surface area contributed by atoms with Crippen molar-refractivity contribution in [1.82, 2.24) is 10.9 Å². The Balaban J connectivity index is 1.71. The molecule has 0 heterocycles. The lowest BCUT2D eigenvalue weighted by molar-refractivity contribution is -0.128. The molecule has 2 aromatic rings. The molecule has 0 atom stereocenters. The van der Waals surface area contributed by atoms with Gasteiger partial charge in [-0.3, -0.25) is 20.4 Å². The van der Waals surface area contributed by atoms with Gasteiger partial charge in [0.15, 0.2) is 6.61 Å². The number of hydrazine groups is 1. The minimum atomic E-state index is -0.451. The highest BCUT2D eigenvalue weighted by atomic mass is 35.5. The van der Waals surface area contributed by atoms with Crippen LogP contribution in [0.15, 0.2) is 54.6 Å². The molecule has 130 valence electrons. The molecule has 0 saturated carbocycles. The Morgan fingerprint density at radius 2 is 1.72 bits per heavy atom. The Hall–Kier alpha value is -2.79. The summed E-state index contributed by atoms with van der Waals surface area (Å²) in [6, 6.07) is 14.5. The largest absolute Gasteiger partial charge is 0.484 e. The average molecular weight is 359 g/mol. The van der Waals surface area contributed by atoms with Crippen molar-refractivity contribution in [2.45, 2.75) is 13.3 Å². The minimum absolute atomic E-state index is 0.188. The smallest absolute Gasteiger partial charge is 0.276 e. The zero-order valence-electron chi connectivity index (χ0n) is 13.8. The van der Waals surface area contributed by atoms with Crippen LogP contribution in [0.5, 0.6) is 5.75 Å². The highest BCUT2D eigenvalue weighted by molar-refractivity contribution is 6.30. The highest BCUT2D eigenvalue weighted by Crippen LogP contribution is 2.12. The molecule has 2 N–H and O–H groups in total. The van der Waals surface area contributed by atoms with Crippen molar-refractivity contribution < 1.29 is 14.3 Å². The predicted octanol–water partition coefficient (Wildman–Crippen LogP) is 3.14. The maximum absolute atomic E-state index is 11.7. The second-order valence-electron chi connectivity index (χ2n) is 5.21. The standard InChI is InChI=1S/C19H19ClN2O3/c1-2-14-5-10-17(11-6-14)25-13-19(24)22-21-18(23)12-7-15-3-8-16(20)9-4-15/h3-12H,2,13H2,1H3,(H,21,23)(H,22,24). The highest BCUT2D eigenvalue weighted by Gasteiger charge is 2.04. The van der Waals surface area contributed by atoms with E-state index < -0.39 is 11.8 Å². The zero-order valence-corrected chi connectivity index (χ0v) is 14.5. The molecule has 0 bridgehead atoms. The molecule has 2 aromatic carbocycles. The fraction of sp³-hybridized carbons (Fsp3) is 0.158. The first kappa shape index (κ1) is 18.5. The molecule has 5 nitrogen and oxygen atoms in total. The predicted molar refractivity (Wildman–Crippen MR) is 98.1 cm³/mol. The summed E-state index contributed by atoms with van der Waals surface area (Å²) in [6.45, 7) is 1.88. The molecule has 0 saturated heterocycles. The normalized spacial score (nSPS) is 10.5. The van der Waals surface area contributed by atoms with Gasteiger partial charge in [-0.2, -0.15) is 0 Å². The van der Waals surface area contributed by atoms with Crippen LogP contribution in [0.1, 0.15) is 18.1 Å². The number of ether oxygens (including phenoxy) is 1. The van der Waals surface area contributed by atoms with E-state index in [4.69, 9.17) is 16.3 Å². The summed E-state index contributed by atoms with van der Waals surface area (Å²) in [6.07, 6.45) is 3.87. The third-order valence-electron chi connectivity index (χ3n) is 3.32. The fourth-order valence-electron chi connectivity index (χ4n) is 1.93. The van der Waals surface area contributed by atoms with E-state index in [0.29, 0.717) is 10.8 Å². The molecule has 2 amide bonds. The van der Waals surface area contributed by atoms with E-state index in [1.807, 2.05) is 12.1 Å². The lowest BCUT2D eigenvalue weighted by Gasteiger charge is -2.08. The second kappa shape index (κ2) is 9.49. The maximum atomic E-state index is 11.7.